The summed E-state index contributed by atoms with van der Waals surface area (Å²) in [6.45, 7) is 3.09. The van der Waals surface area contributed by atoms with E-state index in [0.717, 1.165) is 36.5 Å². The molecule has 2 atom stereocenters. The van der Waals surface area contributed by atoms with Crippen molar-refractivity contribution >= 4 is 42.1 Å². The first-order valence-electron chi connectivity index (χ1n) is 8.70. The number of carbonyl (C=O) groups excluding carboxylic acids is 1. The number of amides is 1. The molecule has 3 rings (SSSR count). The highest BCUT2D eigenvalue weighted by Crippen LogP contribution is 2.24. The third-order valence-corrected chi connectivity index (χ3v) is 4.48. The van der Waals surface area contributed by atoms with Gasteiger partial charge < -0.3 is 20.7 Å². The van der Waals surface area contributed by atoms with Crippen molar-refractivity contribution in [1.82, 2.24) is 10.6 Å². The second kappa shape index (κ2) is 11.0. The van der Waals surface area contributed by atoms with Gasteiger partial charge in [0.2, 0.25) is 0 Å². The second-order valence-electron chi connectivity index (χ2n) is 6.45. The molecule has 0 spiro atoms. The lowest BCUT2D eigenvalue weighted by molar-refractivity contribution is 0.0926. The van der Waals surface area contributed by atoms with Gasteiger partial charge >= 0.3 is 0 Å². The summed E-state index contributed by atoms with van der Waals surface area (Å²) < 4.78 is 5.26. The Kier molecular flexibility index (Phi) is 9.43. The number of hydrogen-bond donors (Lipinski definition) is 3. The Morgan fingerprint density at radius 1 is 1.15 bits per heavy atom. The third-order valence-electron chi connectivity index (χ3n) is 4.48. The van der Waals surface area contributed by atoms with Crippen molar-refractivity contribution in [2.75, 3.05) is 19.0 Å². The van der Waals surface area contributed by atoms with Crippen LogP contribution >= 0.6 is 24.8 Å². The van der Waals surface area contributed by atoms with Gasteiger partial charge in [-0.3, -0.25) is 4.79 Å². The van der Waals surface area contributed by atoms with Crippen LogP contribution in [0.15, 0.2) is 48.5 Å². The van der Waals surface area contributed by atoms with Crippen LogP contribution in [0, 0.1) is 0 Å². The zero-order valence-corrected chi connectivity index (χ0v) is 17.2. The number of methoxy groups -OCH3 is 1. The molecule has 2 aromatic rings. The molecule has 3 N–H and O–H groups in total. The van der Waals surface area contributed by atoms with Crippen molar-refractivity contribution in [2.45, 2.75) is 31.8 Å². The summed E-state index contributed by atoms with van der Waals surface area (Å²) in [6, 6.07) is 15.9. The van der Waals surface area contributed by atoms with Crippen molar-refractivity contribution in [2.24, 2.45) is 0 Å². The normalized spacial score (nSPS) is 18.4. The standard InChI is InChI=1S/C20H25N3O2.2ClH/c1-14-12-16(10-11-21-14)23-20(24)18-8-3-4-9-19(18)22-15-6-5-7-17(13-15)25-2;;/h3-9,13-14,16,21-22H,10-12H2,1-2H3,(H,23,24);2*1H. The van der Waals surface area contributed by atoms with E-state index >= 15 is 0 Å². The fourth-order valence-corrected chi connectivity index (χ4v) is 3.17. The van der Waals surface area contributed by atoms with Crippen LogP contribution in [0.4, 0.5) is 11.4 Å². The number of piperidine rings is 1. The van der Waals surface area contributed by atoms with Gasteiger partial charge in [0, 0.05) is 23.8 Å². The van der Waals surface area contributed by atoms with Gasteiger partial charge in [0.1, 0.15) is 5.75 Å². The van der Waals surface area contributed by atoms with E-state index in [1.807, 2.05) is 48.5 Å². The Morgan fingerprint density at radius 3 is 2.67 bits per heavy atom. The molecule has 0 radical (unpaired) electrons. The van der Waals surface area contributed by atoms with Gasteiger partial charge in [0.25, 0.3) is 5.91 Å². The molecule has 0 saturated carbocycles. The molecule has 7 heteroatoms. The highest BCUT2D eigenvalue weighted by atomic mass is 35.5. The van der Waals surface area contributed by atoms with Crippen LogP contribution in [0.1, 0.15) is 30.1 Å². The molecule has 1 heterocycles. The lowest BCUT2D eigenvalue weighted by atomic mass is 10.00. The van der Waals surface area contributed by atoms with Crippen LogP contribution in [-0.4, -0.2) is 31.6 Å². The molecule has 148 valence electrons. The molecular formula is C20H27Cl2N3O2. The largest absolute Gasteiger partial charge is 0.497 e. The van der Waals surface area contributed by atoms with Crippen molar-refractivity contribution in [3.05, 3.63) is 54.1 Å². The van der Waals surface area contributed by atoms with Crippen LogP contribution in [0.3, 0.4) is 0 Å². The summed E-state index contributed by atoms with van der Waals surface area (Å²) in [5, 5.41) is 9.90. The molecule has 1 aliphatic heterocycles. The Labute approximate surface area is 173 Å². The Balaban J connectivity index is 0.00000182. The topological polar surface area (TPSA) is 62.4 Å². The molecule has 1 saturated heterocycles. The number of para-hydroxylation sites is 1. The van der Waals surface area contributed by atoms with E-state index in [0.29, 0.717) is 11.6 Å². The summed E-state index contributed by atoms with van der Waals surface area (Å²) >= 11 is 0. The number of rotatable bonds is 5. The minimum Gasteiger partial charge on any atom is -0.497 e. The van der Waals surface area contributed by atoms with E-state index in [1.54, 1.807) is 7.11 Å². The fourth-order valence-electron chi connectivity index (χ4n) is 3.17. The first-order valence-corrected chi connectivity index (χ1v) is 8.70. The highest BCUT2D eigenvalue weighted by molar-refractivity contribution is 6.00. The molecule has 0 aliphatic carbocycles. The van der Waals surface area contributed by atoms with Crippen molar-refractivity contribution < 1.29 is 9.53 Å². The maximum absolute atomic E-state index is 12.8. The van der Waals surface area contributed by atoms with E-state index in [1.165, 1.54) is 0 Å². The van der Waals surface area contributed by atoms with Crippen LogP contribution in [0.5, 0.6) is 5.75 Å². The van der Waals surface area contributed by atoms with Gasteiger partial charge in [-0.1, -0.05) is 18.2 Å². The van der Waals surface area contributed by atoms with Gasteiger partial charge in [-0.25, -0.2) is 0 Å². The quantitative estimate of drug-likeness (QED) is 0.691. The smallest absolute Gasteiger partial charge is 0.253 e. The predicted molar refractivity (Wildman–Crippen MR) is 115 cm³/mol. The molecule has 0 aromatic heterocycles. The van der Waals surface area contributed by atoms with E-state index in [2.05, 4.69) is 22.9 Å². The monoisotopic (exact) mass is 411 g/mol. The number of anilines is 2. The van der Waals surface area contributed by atoms with Crippen molar-refractivity contribution in [1.29, 1.82) is 0 Å². The SMILES string of the molecule is COc1cccc(Nc2ccccc2C(=O)NC2CCNC(C)C2)c1.Cl.Cl. The highest BCUT2D eigenvalue weighted by Gasteiger charge is 2.21. The molecule has 1 fully saturated rings. The Hall–Kier alpha value is -1.95. The number of hydrogen-bond acceptors (Lipinski definition) is 4. The summed E-state index contributed by atoms with van der Waals surface area (Å²) in [6.07, 6.45) is 1.92. The van der Waals surface area contributed by atoms with Crippen LogP contribution in [0.25, 0.3) is 0 Å². The zero-order chi connectivity index (χ0) is 17.6. The number of nitrogens with one attached hydrogen (secondary N) is 3. The molecule has 0 bridgehead atoms. The van der Waals surface area contributed by atoms with Gasteiger partial charge in [-0.15, -0.1) is 24.8 Å². The number of ether oxygens (including phenoxy) is 1. The Morgan fingerprint density at radius 2 is 1.93 bits per heavy atom. The molecular weight excluding hydrogens is 385 g/mol. The van der Waals surface area contributed by atoms with Crippen molar-refractivity contribution in [3.8, 4) is 5.75 Å². The fraction of sp³-hybridized carbons (Fsp3) is 0.350. The average Bonchev–Trinajstić information content (AvgIpc) is 2.62. The molecule has 1 aliphatic rings. The number of halogens is 2. The number of benzene rings is 2. The van der Waals surface area contributed by atoms with Gasteiger partial charge in [0.05, 0.1) is 18.4 Å². The van der Waals surface area contributed by atoms with Crippen LogP contribution < -0.4 is 20.7 Å². The third kappa shape index (κ3) is 6.31. The minimum absolute atomic E-state index is 0. The molecule has 1 amide bonds. The van der Waals surface area contributed by atoms with E-state index < -0.39 is 0 Å². The Bertz CT molecular complexity index is 743. The summed E-state index contributed by atoms with van der Waals surface area (Å²) in [7, 11) is 1.64. The minimum atomic E-state index is -0.0369. The molecule has 27 heavy (non-hydrogen) atoms. The summed E-state index contributed by atoms with van der Waals surface area (Å²) in [5.74, 6) is 0.737. The molecule has 5 nitrogen and oxygen atoms in total. The lowest BCUT2D eigenvalue weighted by Gasteiger charge is -2.29. The van der Waals surface area contributed by atoms with Gasteiger partial charge in [-0.2, -0.15) is 0 Å². The van der Waals surface area contributed by atoms with Gasteiger partial charge in [-0.05, 0) is 50.6 Å². The van der Waals surface area contributed by atoms with Crippen molar-refractivity contribution in [3.63, 3.8) is 0 Å². The van der Waals surface area contributed by atoms with Crippen LogP contribution in [-0.2, 0) is 0 Å². The maximum Gasteiger partial charge on any atom is 0.253 e. The molecule has 2 aromatic carbocycles. The predicted octanol–water partition coefficient (Wildman–Crippen LogP) is 4.15. The van der Waals surface area contributed by atoms with Crippen LogP contribution in [0.2, 0.25) is 0 Å². The summed E-state index contributed by atoms with van der Waals surface area (Å²) in [4.78, 5) is 12.8. The van der Waals surface area contributed by atoms with E-state index in [9.17, 15) is 4.79 Å². The van der Waals surface area contributed by atoms with E-state index in [-0.39, 0.29) is 36.8 Å². The first-order chi connectivity index (χ1) is 12.2. The number of carbonyl (C=O) groups is 1. The van der Waals surface area contributed by atoms with E-state index in [4.69, 9.17) is 4.74 Å². The average molecular weight is 412 g/mol. The first kappa shape index (κ1) is 23.1. The zero-order valence-electron chi connectivity index (χ0n) is 15.5. The lowest BCUT2D eigenvalue weighted by Crippen LogP contribution is -2.46. The maximum atomic E-state index is 12.8. The second-order valence-corrected chi connectivity index (χ2v) is 6.45. The molecule has 2 unspecified atom stereocenters. The summed E-state index contributed by atoms with van der Waals surface area (Å²) in [5.41, 5.74) is 2.32. The van der Waals surface area contributed by atoms with Gasteiger partial charge in [0.15, 0.2) is 0 Å².